The molecule has 198 valence electrons. The summed E-state index contributed by atoms with van der Waals surface area (Å²) >= 11 is 0. The Morgan fingerprint density at radius 1 is 1.05 bits per heavy atom. The number of carbonyl (C=O) groups excluding carboxylic acids is 3. The first kappa shape index (κ1) is 26.1. The summed E-state index contributed by atoms with van der Waals surface area (Å²) in [5, 5.41) is 15.7. The first-order chi connectivity index (χ1) is 18.1. The Hall–Kier alpha value is -3.51. The number of H-pyrrole nitrogens is 1. The van der Waals surface area contributed by atoms with Crippen molar-refractivity contribution in [1.29, 1.82) is 0 Å². The van der Waals surface area contributed by atoms with Gasteiger partial charge in [0.2, 0.25) is 5.91 Å². The Balaban J connectivity index is 1.64. The molecule has 0 bridgehead atoms. The fraction of sp³-hybridized carbons (Fsp3) is 0.406. The van der Waals surface area contributed by atoms with Gasteiger partial charge in [0, 0.05) is 41.4 Å². The van der Waals surface area contributed by atoms with E-state index in [0.29, 0.717) is 12.8 Å². The third-order valence-electron chi connectivity index (χ3n) is 8.80. The van der Waals surface area contributed by atoms with Crippen LogP contribution >= 0.6 is 0 Å². The van der Waals surface area contributed by atoms with Crippen molar-refractivity contribution in [2.75, 3.05) is 0 Å². The van der Waals surface area contributed by atoms with Crippen LogP contribution in [0.4, 0.5) is 0 Å². The molecule has 6 nitrogen and oxygen atoms in total. The van der Waals surface area contributed by atoms with Crippen LogP contribution in [0.2, 0.25) is 0 Å². The quantitative estimate of drug-likeness (QED) is 0.399. The number of carbonyl (C=O) groups is 3. The van der Waals surface area contributed by atoms with Crippen LogP contribution in [0.3, 0.4) is 0 Å². The van der Waals surface area contributed by atoms with E-state index in [1.165, 1.54) is 12.2 Å². The molecule has 0 unspecified atom stereocenters. The number of ketones is 2. The molecule has 1 fully saturated rings. The van der Waals surface area contributed by atoms with Crippen LogP contribution < -0.4 is 5.32 Å². The molecule has 1 spiro atoms. The van der Waals surface area contributed by atoms with Crippen LogP contribution in [-0.2, 0) is 20.8 Å². The number of hydrogen-bond donors (Lipinski definition) is 3. The van der Waals surface area contributed by atoms with Gasteiger partial charge < -0.3 is 15.4 Å². The molecular weight excluding hydrogens is 476 g/mol. The SMILES string of the molecule is CC1=C[C@@H](C)CC=C[C@H]2[C@H](O)C(C)=C(C)[C@H]3[C@H](Cc4c[nH]c5ccccc45)NC(=O)[C@@]23C(=O)C=CC(=O)C1. The summed E-state index contributed by atoms with van der Waals surface area (Å²) in [4.78, 5) is 44.2. The number of aromatic amines is 1. The third-order valence-corrected chi connectivity index (χ3v) is 8.80. The summed E-state index contributed by atoms with van der Waals surface area (Å²) in [5.41, 5.74) is 3.14. The van der Waals surface area contributed by atoms with E-state index in [9.17, 15) is 19.5 Å². The maximum Gasteiger partial charge on any atom is 0.235 e. The lowest BCUT2D eigenvalue weighted by molar-refractivity contribution is -0.144. The maximum atomic E-state index is 14.1. The van der Waals surface area contributed by atoms with Crippen LogP contribution in [0, 0.1) is 23.2 Å². The number of aliphatic hydroxyl groups is 1. The van der Waals surface area contributed by atoms with Gasteiger partial charge in [0.25, 0.3) is 0 Å². The zero-order chi connectivity index (χ0) is 27.2. The molecule has 0 saturated carbocycles. The van der Waals surface area contributed by atoms with Crippen LogP contribution in [0.25, 0.3) is 10.9 Å². The summed E-state index contributed by atoms with van der Waals surface area (Å²) in [6.45, 7) is 7.81. The topological polar surface area (TPSA) is 99.3 Å². The maximum absolute atomic E-state index is 14.1. The number of rotatable bonds is 2. The molecule has 2 heterocycles. The summed E-state index contributed by atoms with van der Waals surface area (Å²) in [7, 11) is 0. The second-order valence-electron chi connectivity index (χ2n) is 11.3. The van der Waals surface area contributed by atoms with Gasteiger partial charge in [-0.1, -0.05) is 54.5 Å². The molecule has 1 aromatic carbocycles. The largest absolute Gasteiger partial charge is 0.388 e. The number of nitrogens with one attached hydrogen (secondary N) is 2. The summed E-state index contributed by atoms with van der Waals surface area (Å²) < 4.78 is 0. The van der Waals surface area contributed by atoms with E-state index in [2.05, 4.69) is 23.3 Å². The van der Waals surface area contributed by atoms with Crippen LogP contribution in [0.5, 0.6) is 0 Å². The van der Waals surface area contributed by atoms with Gasteiger partial charge in [0.15, 0.2) is 11.6 Å². The van der Waals surface area contributed by atoms with Crippen molar-refractivity contribution in [2.45, 2.75) is 59.1 Å². The second-order valence-corrected chi connectivity index (χ2v) is 11.3. The predicted octanol–water partition coefficient (Wildman–Crippen LogP) is 4.77. The van der Waals surface area contributed by atoms with Crippen molar-refractivity contribution in [3.63, 3.8) is 0 Å². The number of benzene rings is 1. The first-order valence-electron chi connectivity index (χ1n) is 13.4. The molecule has 6 atom stereocenters. The van der Waals surface area contributed by atoms with E-state index in [0.717, 1.165) is 33.2 Å². The molecule has 5 rings (SSSR count). The van der Waals surface area contributed by atoms with E-state index in [-0.39, 0.29) is 30.1 Å². The van der Waals surface area contributed by atoms with Gasteiger partial charge in [0.05, 0.1) is 6.10 Å². The Kier molecular flexibility index (Phi) is 6.86. The molecule has 3 aliphatic rings. The van der Waals surface area contributed by atoms with Gasteiger partial charge in [-0.25, -0.2) is 0 Å². The van der Waals surface area contributed by atoms with Gasteiger partial charge in [-0.3, -0.25) is 14.4 Å². The zero-order valence-electron chi connectivity index (χ0n) is 22.5. The number of hydrogen-bond acceptors (Lipinski definition) is 4. The molecule has 38 heavy (non-hydrogen) atoms. The molecule has 6 heteroatoms. The van der Waals surface area contributed by atoms with Crippen molar-refractivity contribution in [3.05, 3.63) is 83.1 Å². The standard InChI is InChI=1S/C32H36N2O4/c1-18-8-7-10-25-30(37)21(4)20(3)29-27(16-22-17-33-26-11-6-5-9-24(22)26)34-31(38)32(25,29)28(36)13-12-23(35)15-19(2)14-18/h5-7,9-14,17-18,25,27,29-30,33,37H,8,15-16H2,1-4H3,(H,34,38)/t18-,25-,27-,29-,30+,32+/m0/s1. The monoisotopic (exact) mass is 512 g/mol. The number of amides is 1. The number of fused-ring (bicyclic) bond motifs is 1. The fourth-order valence-electron chi connectivity index (χ4n) is 6.91. The molecular formula is C32H36N2O4. The third kappa shape index (κ3) is 4.21. The molecule has 0 radical (unpaired) electrons. The van der Waals surface area contributed by atoms with Crippen LogP contribution in [-0.4, -0.2) is 39.7 Å². The Morgan fingerprint density at radius 2 is 1.82 bits per heavy atom. The number of allylic oxidation sites excluding steroid dienone is 5. The minimum Gasteiger partial charge on any atom is -0.388 e. The zero-order valence-corrected chi connectivity index (χ0v) is 22.5. The highest BCUT2D eigenvalue weighted by Gasteiger charge is 2.66. The van der Waals surface area contributed by atoms with Gasteiger partial charge in [0.1, 0.15) is 5.41 Å². The molecule has 3 N–H and O–H groups in total. The Bertz CT molecular complexity index is 1420. The fourth-order valence-corrected chi connectivity index (χ4v) is 6.91. The lowest BCUT2D eigenvalue weighted by Crippen LogP contribution is -2.55. The molecule has 1 amide bonds. The average molecular weight is 513 g/mol. The van der Waals surface area contributed by atoms with Crippen molar-refractivity contribution >= 4 is 28.4 Å². The van der Waals surface area contributed by atoms with Gasteiger partial charge in [-0.2, -0.15) is 0 Å². The molecule has 1 saturated heterocycles. The van der Waals surface area contributed by atoms with E-state index >= 15 is 0 Å². The highest BCUT2D eigenvalue weighted by atomic mass is 16.3. The smallest absolute Gasteiger partial charge is 0.235 e. The highest BCUT2D eigenvalue weighted by Crippen LogP contribution is 2.55. The summed E-state index contributed by atoms with van der Waals surface area (Å²) in [5.74, 6) is -2.01. The van der Waals surface area contributed by atoms with Crippen molar-refractivity contribution in [3.8, 4) is 0 Å². The van der Waals surface area contributed by atoms with Crippen molar-refractivity contribution < 1.29 is 19.5 Å². The lowest BCUT2D eigenvalue weighted by atomic mass is 9.55. The number of aromatic nitrogens is 1. The highest BCUT2D eigenvalue weighted by molar-refractivity contribution is 6.15. The Labute approximate surface area is 223 Å². The molecule has 2 aliphatic carbocycles. The predicted molar refractivity (Wildman–Crippen MR) is 148 cm³/mol. The molecule has 2 aromatic rings. The van der Waals surface area contributed by atoms with Crippen molar-refractivity contribution in [1.82, 2.24) is 10.3 Å². The first-order valence-corrected chi connectivity index (χ1v) is 13.4. The van der Waals surface area contributed by atoms with Crippen LogP contribution in [0.15, 0.2) is 77.6 Å². The lowest BCUT2D eigenvalue weighted by Gasteiger charge is -2.45. The molecule has 1 aromatic heterocycles. The van der Waals surface area contributed by atoms with E-state index in [4.69, 9.17) is 0 Å². The van der Waals surface area contributed by atoms with Gasteiger partial charge in [-0.05, 0) is 68.9 Å². The van der Waals surface area contributed by atoms with Crippen molar-refractivity contribution in [2.24, 2.45) is 23.2 Å². The second kappa shape index (κ2) is 9.99. The Morgan fingerprint density at radius 3 is 2.61 bits per heavy atom. The van der Waals surface area contributed by atoms with E-state index < -0.39 is 29.1 Å². The number of aliphatic hydroxyl groups excluding tert-OH is 1. The van der Waals surface area contributed by atoms with E-state index in [1.54, 1.807) is 0 Å². The van der Waals surface area contributed by atoms with E-state index in [1.807, 2.05) is 63.4 Å². The average Bonchev–Trinajstić information content (AvgIpc) is 3.41. The number of para-hydroxylation sites is 1. The van der Waals surface area contributed by atoms with Crippen LogP contribution in [0.1, 0.15) is 46.1 Å². The van der Waals surface area contributed by atoms with Gasteiger partial charge >= 0.3 is 0 Å². The van der Waals surface area contributed by atoms with Gasteiger partial charge in [-0.15, -0.1) is 0 Å². The minimum atomic E-state index is -1.53. The summed E-state index contributed by atoms with van der Waals surface area (Å²) in [6, 6.07) is 7.68. The minimum absolute atomic E-state index is 0.176. The normalized spacial score (nSPS) is 32.3. The molecule has 1 aliphatic heterocycles. The summed E-state index contributed by atoms with van der Waals surface area (Å²) in [6.07, 6.45) is 10.9.